The number of hydrogen-bond acceptors (Lipinski definition) is 4. The van der Waals surface area contributed by atoms with Crippen molar-refractivity contribution >= 4 is 21.6 Å². The molecule has 7 heteroatoms. The second kappa shape index (κ2) is 7.88. The van der Waals surface area contributed by atoms with Gasteiger partial charge in [-0.15, -0.1) is 0 Å². The van der Waals surface area contributed by atoms with E-state index >= 15 is 0 Å². The summed E-state index contributed by atoms with van der Waals surface area (Å²) in [4.78, 5) is 12.2. The van der Waals surface area contributed by atoms with Crippen molar-refractivity contribution in [2.24, 2.45) is 0 Å². The van der Waals surface area contributed by atoms with E-state index in [0.717, 1.165) is 24.9 Å². The Kier molecular flexibility index (Phi) is 5.58. The Hall–Kier alpha value is -2.38. The van der Waals surface area contributed by atoms with Gasteiger partial charge in [-0.3, -0.25) is 4.79 Å². The minimum Gasteiger partial charge on any atom is -0.497 e. The van der Waals surface area contributed by atoms with Crippen molar-refractivity contribution in [3.8, 4) is 5.75 Å². The van der Waals surface area contributed by atoms with Gasteiger partial charge < -0.3 is 10.1 Å². The second-order valence-corrected chi connectivity index (χ2v) is 7.98. The van der Waals surface area contributed by atoms with Gasteiger partial charge in [-0.2, -0.15) is 0 Å². The fourth-order valence-corrected chi connectivity index (χ4v) is 4.04. The van der Waals surface area contributed by atoms with E-state index in [0.29, 0.717) is 5.75 Å². The number of carbonyl (C=O) groups excluding carboxylic acids is 1. The summed E-state index contributed by atoms with van der Waals surface area (Å²) in [6.45, 7) is 0.0329. The van der Waals surface area contributed by atoms with Crippen molar-refractivity contribution in [3.05, 3.63) is 53.6 Å². The molecule has 1 amide bonds. The number of sulfonamides is 1. The van der Waals surface area contributed by atoms with Gasteiger partial charge in [0.1, 0.15) is 5.75 Å². The van der Waals surface area contributed by atoms with Gasteiger partial charge in [-0.05, 0) is 66.8 Å². The number of carbonyl (C=O) groups is 1. The molecular weight excluding hydrogens is 352 g/mol. The second-order valence-electron chi connectivity index (χ2n) is 6.21. The average Bonchev–Trinajstić information content (AvgIpc) is 3.09. The highest BCUT2D eigenvalue weighted by atomic mass is 32.2. The van der Waals surface area contributed by atoms with E-state index in [4.69, 9.17) is 4.74 Å². The van der Waals surface area contributed by atoms with Crippen LogP contribution < -0.4 is 14.8 Å². The summed E-state index contributed by atoms with van der Waals surface area (Å²) in [6, 6.07) is 12.0. The molecule has 0 aromatic heterocycles. The molecular formula is C19H22N2O4S. The topological polar surface area (TPSA) is 84.5 Å². The highest BCUT2D eigenvalue weighted by Gasteiger charge is 2.15. The maximum Gasteiger partial charge on any atom is 0.240 e. The number of benzene rings is 2. The Morgan fingerprint density at radius 1 is 1.08 bits per heavy atom. The molecule has 2 aromatic rings. The Morgan fingerprint density at radius 2 is 1.81 bits per heavy atom. The van der Waals surface area contributed by atoms with Crippen molar-refractivity contribution in [1.82, 2.24) is 4.72 Å². The Balaban J connectivity index is 1.51. The van der Waals surface area contributed by atoms with Crippen LogP contribution in [0.15, 0.2) is 47.4 Å². The van der Waals surface area contributed by atoms with E-state index in [1.54, 1.807) is 12.1 Å². The predicted molar refractivity (Wildman–Crippen MR) is 99.9 cm³/mol. The minimum atomic E-state index is -3.65. The summed E-state index contributed by atoms with van der Waals surface area (Å²) < 4.78 is 31.9. The molecule has 0 atom stereocenters. The van der Waals surface area contributed by atoms with Crippen molar-refractivity contribution in [1.29, 1.82) is 0 Å². The smallest absolute Gasteiger partial charge is 0.240 e. The molecule has 6 nitrogen and oxygen atoms in total. The lowest BCUT2D eigenvalue weighted by Crippen LogP contribution is -2.27. The molecule has 1 aliphatic rings. The SMILES string of the molecule is COc1ccc(S(=O)(=O)NCCC(=O)Nc2ccc3c(c2)CCC3)cc1. The third-order valence-electron chi connectivity index (χ3n) is 4.40. The predicted octanol–water partition coefficient (Wildman–Crippen LogP) is 2.49. The Morgan fingerprint density at radius 3 is 2.54 bits per heavy atom. The average molecular weight is 374 g/mol. The van der Waals surface area contributed by atoms with Crippen LogP contribution in [0, 0.1) is 0 Å². The van der Waals surface area contributed by atoms with Gasteiger partial charge in [0.25, 0.3) is 0 Å². The molecule has 0 unspecified atom stereocenters. The first-order valence-corrected chi connectivity index (χ1v) is 10.0. The standard InChI is InChI=1S/C19H22N2O4S/c1-25-17-7-9-18(10-8-17)26(23,24)20-12-11-19(22)21-16-6-5-14-3-2-4-15(14)13-16/h5-10,13,20H,2-4,11-12H2,1H3,(H,21,22). The minimum absolute atomic E-state index is 0.0329. The van der Waals surface area contributed by atoms with E-state index in [9.17, 15) is 13.2 Å². The summed E-state index contributed by atoms with van der Waals surface area (Å²) >= 11 is 0. The molecule has 138 valence electrons. The molecule has 0 saturated heterocycles. The molecule has 2 N–H and O–H groups in total. The number of nitrogens with one attached hydrogen (secondary N) is 2. The van der Waals surface area contributed by atoms with Gasteiger partial charge in [-0.1, -0.05) is 6.07 Å². The van der Waals surface area contributed by atoms with Gasteiger partial charge in [0.05, 0.1) is 12.0 Å². The molecule has 0 spiro atoms. The van der Waals surface area contributed by atoms with Gasteiger partial charge in [0, 0.05) is 18.7 Å². The number of methoxy groups -OCH3 is 1. The fourth-order valence-electron chi connectivity index (χ4n) is 3.01. The van der Waals surface area contributed by atoms with Crippen molar-refractivity contribution in [2.75, 3.05) is 19.0 Å². The van der Waals surface area contributed by atoms with E-state index in [-0.39, 0.29) is 23.8 Å². The van der Waals surface area contributed by atoms with Crippen LogP contribution >= 0.6 is 0 Å². The molecule has 0 bridgehead atoms. The van der Waals surface area contributed by atoms with E-state index in [2.05, 4.69) is 10.0 Å². The van der Waals surface area contributed by atoms with E-state index in [1.165, 1.54) is 30.4 Å². The Bertz CT molecular complexity index is 892. The van der Waals surface area contributed by atoms with Crippen LogP contribution in [0.3, 0.4) is 0 Å². The van der Waals surface area contributed by atoms with Crippen molar-refractivity contribution in [3.63, 3.8) is 0 Å². The number of aryl methyl sites for hydroxylation is 2. The largest absolute Gasteiger partial charge is 0.497 e. The molecule has 0 heterocycles. The van der Waals surface area contributed by atoms with Crippen LogP contribution in [0.2, 0.25) is 0 Å². The summed E-state index contributed by atoms with van der Waals surface area (Å²) in [5.41, 5.74) is 3.38. The monoisotopic (exact) mass is 374 g/mol. The van der Waals surface area contributed by atoms with Crippen LogP contribution in [-0.4, -0.2) is 28.0 Å². The molecule has 0 radical (unpaired) electrons. The fraction of sp³-hybridized carbons (Fsp3) is 0.316. The first-order valence-electron chi connectivity index (χ1n) is 8.53. The summed E-state index contributed by atoms with van der Waals surface area (Å²) in [6.07, 6.45) is 3.35. The quantitative estimate of drug-likeness (QED) is 0.780. The zero-order valence-electron chi connectivity index (χ0n) is 14.6. The molecule has 0 saturated carbocycles. The summed E-state index contributed by atoms with van der Waals surface area (Å²) in [5, 5.41) is 2.82. The normalized spacial score (nSPS) is 13.3. The van der Waals surface area contributed by atoms with Gasteiger partial charge in [-0.25, -0.2) is 13.1 Å². The Labute approximate surface area is 153 Å². The first kappa shape index (κ1) is 18.4. The number of amides is 1. The number of anilines is 1. The van der Waals surface area contributed by atoms with Crippen LogP contribution in [-0.2, 0) is 27.7 Å². The van der Waals surface area contributed by atoms with Crippen LogP contribution in [0.25, 0.3) is 0 Å². The zero-order valence-corrected chi connectivity index (χ0v) is 15.4. The van der Waals surface area contributed by atoms with E-state index < -0.39 is 10.0 Å². The highest BCUT2D eigenvalue weighted by Crippen LogP contribution is 2.24. The van der Waals surface area contributed by atoms with Gasteiger partial charge >= 0.3 is 0 Å². The van der Waals surface area contributed by atoms with Crippen molar-refractivity contribution in [2.45, 2.75) is 30.6 Å². The lowest BCUT2D eigenvalue weighted by Gasteiger charge is -2.09. The molecule has 3 rings (SSSR count). The summed E-state index contributed by atoms with van der Waals surface area (Å²) in [7, 11) is -2.13. The zero-order chi connectivity index (χ0) is 18.6. The molecule has 26 heavy (non-hydrogen) atoms. The molecule has 0 aliphatic heterocycles. The van der Waals surface area contributed by atoms with Gasteiger partial charge in [0.15, 0.2) is 0 Å². The number of fused-ring (bicyclic) bond motifs is 1. The maximum absolute atomic E-state index is 12.2. The number of ether oxygens (including phenoxy) is 1. The molecule has 1 aliphatic carbocycles. The van der Waals surface area contributed by atoms with Crippen molar-refractivity contribution < 1.29 is 17.9 Å². The third kappa shape index (κ3) is 4.42. The molecule has 0 fully saturated rings. The molecule has 2 aromatic carbocycles. The van der Waals surface area contributed by atoms with E-state index in [1.807, 2.05) is 18.2 Å². The number of hydrogen-bond donors (Lipinski definition) is 2. The first-order chi connectivity index (χ1) is 12.5. The van der Waals surface area contributed by atoms with Crippen LogP contribution in [0.4, 0.5) is 5.69 Å². The lowest BCUT2D eigenvalue weighted by molar-refractivity contribution is -0.116. The summed E-state index contributed by atoms with van der Waals surface area (Å²) in [5.74, 6) is 0.359. The lowest BCUT2D eigenvalue weighted by atomic mass is 10.1. The highest BCUT2D eigenvalue weighted by molar-refractivity contribution is 7.89. The number of rotatable bonds is 7. The third-order valence-corrected chi connectivity index (χ3v) is 5.87. The van der Waals surface area contributed by atoms with Gasteiger partial charge in [0.2, 0.25) is 15.9 Å². The van der Waals surface area contributed by atoms with Crippen LogP contribution in [0.1, 0.15) is 24.0 Å². The maximum atomic E-state index is 12.2. The van der Waals surface area contributed by atoms with Crippen LogP contribution in [0.5, 0.6) is 5.75 Å².